The molecule has 0 aliphatic heterocycles. The quantitative estimate of drug-likeness (QED) is 0.575. The predicted octanol–water partition coefficient (Wildman–Crippen LogP) is 2.68. The van der Waals surface area contributed by atoms with E-state index in [9.17, 15) is 14.9 Å². The Kier molecular flexibility index (Phi) is 6.51. The van der Waals surface area contributed by atoms with Crippen LogP contribution in [0.2, 0.25) is 0 Å². The largest absolute Gasteiger partial charge is 0.497 e. The standard InChI is InChI=1S/C18H21N3O5/c1-20(11-13-4-6-14(25-2)7-5-13)12-18(22)19-16-9-8-15(26-3)10-17(16)21(23)24/h4-10H,11-12H2,1-3H3,(H,19,22). The summed E-state index contributed by atoms with van der Waals surface area (Å²) in [6.45, 7) is 0.650. The number of likely N-dealkylation sites (N-methyl/N-ethyl adjacent to an activating group) is 1. The summed E-state index contributed by atoms with van der Waals surface area (Å²) in [5.74, 6) is 0.779. The first-order valence-electron chi connectivity index (χ1n) is 7.86. The summed E-state index contributed by atoms with van der Waals surface area (Å²) in [6.07, 6.45) is 0. The summed E-state index contributed by atoms with van der Waals surface area (Å²) in [4.78, 5) is 24.6. The summed E-state index contributed by atoms with van der Waals surface area (Å²) in [6, 6.07) is 11.8. The normalized spacial score (nSPS) is 10.5. The smallest absolute Gasteiger partial charge is 0.296 e. The molecule has 8 heteroatoms. The molecule has 2 aromatic rings. The Morgan fingerprint density at radius 3 is 2.31 bits per heavy atom. The maximum absolute atomic E-state index is 12.2. The van der Waals surface area contributed by atoms with Gasteiger partial charge in [0.25, 0.3) is 5.69 Å². The monoisotopic (exact) mass is 359 g/mol. The molecule has 0 heterocycles. The van der Waals surface area contributed by atoms with Crippen molar-refractivity contribution in [3.05, 3.63) is 58.1 Å². The number of carbonyl (C=O) groups excluding carboxylic acids is 1. The molecular formula is C18H21N3O5. The zero-order chi connectivity index (χ0) is 19.1. The number of hydrogen-bond donors (Lipinski definition) is 1. The molecule has 138 valence electrons. The molecule has 0 saturated carbocycles. The van der Waals surface area contributed by atoms with Crippen molar-refractivity contribution in [3.8, 4) is 11.5 Å². The van der Waals surface area contributed by atoms with Crippen molar-refractivity contribution in [2.24, 2.45) is 0 Å². The van der Waals surface area contributed by atoms with Crippen LogP contribution in [0.5, 0.6) is 11.5 Å². The minimum Gasteiger partial charge on any atom is -0.497 e. The van der Waals surface area contributed by atoms with Gasteiger partial charge in [0.05, 0.1) is 31.8 Å². The fourth-order valence-corrected chi connectivity index (χ4v) is 2.43. The van der Waals surface area contributed by atoms with Crippen LogP contribution in [-0.2, 0) is 11.3 Å². The Balaban J connectivity index is 1.98. The zero-order valence-corrected chi connectivity index (χ0v) is 14.9. The van der Waals surface area contributed by atoms with E-state index in [0.717, 1.165) is 11.3 Å². The van der Waals surface area contributed by atoms with Crippen molar-refractivity contribution >= 4 is 17.3 Å². The predicted molar refractivity (Wildman–Crippen MR) is 97.6 cm³/mol. The number of hydrogen-bond acceptors (Lipinski definition) is 6. The molecule has 0 saturated heterocycles. The van der Waals surface area contributed by atoms with E-state index in [1.165, 1.54) is 19.2 Å². The summed E-state index contributed by atoms with van der Waals surface area (Å²) in [7, 11) is 4.82. The van der Waals surface area contributed by atoms with Gasteiger partial charge in [-0.25, -0.2) is 0 Å². The van der Waals surface area contributed by atoms with Crippen LogP contribution in [-0.4, -0.2) is 43.5 Å². The van der Waals surface area contributed by atoms with Crippen LogP contribution in [0.3, 0.4) is 0 Å². The van der Waals surface area contributed by atoms with E-state index in [4.69, 9.17) is 9.47 Å². The Morgan fingerprint density at radius 2 is 1.73 bits per heavy atom. The number of nitro groups is 1. The Labute approximate surface area is 151 Å². The third-order valence-electron chi connectivity index (χ3n) is 3.70. The van der Waals surface area contributed by atoms with Gasteiger partial charge in [0, 0.05) is 6.54 Å². The molecule has 0 aliphatic rings. The SMILES string of the molecule is COc1ccc(CN(C)CC(=O)Nc2ccc(OC)cc2[N+](=O)[O-])cc1. The Morgan fingerprint density at radius 1 is 1.12 bits per heavy atom. The number of nitro benzene ring substituents is 1. The minimum absolute atomic E-state index is 0.0925. The van der Waals surface area contributed by atoms with Crippen LogP contribution < -0.4 is 14.8 Å². The van der Waals surface area contributed by atoms with Gasteiger partial charge in [-0.15, -0.1) is 0 Å². The van der Waals surface area contributed by atoms with Gasteiger partial charge in [0.15, 0.2) is 0 Å². The number of carbonyl (C=O) groups is 1. The Bertz CT molecular complexity index is 777. The lowest BCUT2D eigenvalue weighted by atomic mass is 10.2. The van der Waals surface area contributed by atoms with Crippen molar-refractivity contribution < 1.29 is 19.2 Å². The molecule has 0 unspecified atom stereocenters. The van der Waals surface area contributed by atoms with Crippen molar-refractivity contribution in [2.75, 3.05) is 33.1 Å². The summed E-state index contributed by atoms with van der Waals surface area (Å²) in [5, 5.41) is 13.7. The summed E-state index contributed by atoms with van der Waals surface area (Å²) in [5.41, 5.74) is 0.950. The number of amides is 1. The molecule has 0 atom stereocenters. The summed E-state index contributed by atoms with van der Waals surface area (Å²) < 4.78 is 10.1. The van der Waals surface area contributed by atoms with Crippen molar-refractivity contribution in [1.29, 1.82) is 0 Å². The van der Waals surface area contributed by atoms with E-state index in [2.05, 4.69) is 5.32 Å². The first-order chi connectivity index (χ1) is 12.4. The number of anilines is 1. The van der Waals surface area contributed by atoms with Gasteiger partial charge in [0.1, 0.15) is 17.2 Å². The van der Waals surface area contributed by atoms with E-state index in [1.807, 2.05) is 29.2 Å². The van der Waals surface area contributed by atoms with Crippen molar-refractivity contribution in [3.63, 3.8) is 0 Å². The topological polar surface area (TPSA) is 93.9 Å². The third kappa shape index (κ3) is 5.18. The highest BCUT2D eigenvalue weighted by atomic mass is 16.6. The van der Waals surface area contributed by atoms with Crippen LogP contribution >= 0.6 is 0 Å². The van der Waals surface area contributed by atoms with Gasteiger partial charge in [-0.2, -0.15) is 0 Å². The third-order valence-corrected chi connectivity index (χ3v) is 3.70. The first kappa shape index (κ1) is 19.2. The van der Waals surface area contributed by atoms with Crippen molar-refractivity contribution in [2.45, 2.75) is 6.54 Å². The van der Waals surface area contributed by atoms with Crippen LogP contribution in [0.4, 0.5) is 11.4 Å². The second-order valence-corrected chi connectivity index (χ2v) is 5.71. The van der Waals surface area contributed by atoms with Gasteiger partial charge in [0.2, 0.25) is 5.91 Å². The van der Waals surface area contributed by atoms with Crippen LogP contribution in [0.25, 0.3) is 0 Å². The second kappa shape index (κ2) is 8.82. The maximum atomic E-state index is 12.2. The number of methoxy groups -OCH3 is 2. The van der Waals surface area contributed by atoms with Gasteiger partial charge in [-0.05, 0) is 36.9 Å². The van der Waals surface area contributed by atoms with Gasteiger partial charge in [-0.1, -0.05) is 12.1 Å². The minimum atomic E-state index is -0.556. The molecule has 0 aromatic heterocycles. The molecular weight excluding hydrogens is 338 g/mol. The molecule has 2 aromatic carbocycles. The highest BCUT2D eigenvalue weighted by Crippen LogP contribution is 2.28. The van der Waals surface area contributed by atoms with E-state index in [0.29, 0.717) is 12.3 Å². The number of nitrogens with zero attached hydrogens (tertiary/aromatic N) is 2. The van der Waals surface area contributed by atoms with Crippen LogP contribution in [0.1, 0.15) is 5.56 Å². The van der Waals surface area contributed by atoms with Crippen LogP contribution in [0.15, 0.2) is 42.5 Å². The van der Waals surface area contributed by atoms with Gasteiger partial charge >= 0.3 is 0 Å². The van der Waals surface area contributed by atoms with Gasteiger partial charge < -0.3 is 14.8 Å². The first-order valence-corrected chi connectivity index (χ1v) is 7.86. The summed E-state index contributed by atoms with van der Waals surface area (Å²) >= 11 is 0. The lowest BCUT2D eigenvalue weighted by Crippen LogP contribution is -2.30. The number of ether oxygens (including phenoxy) is 2. The number of rotatable bonds is 8. The fraction of sp³-hybridized carbons (Fsp3) is 0.278. The molecule has 2 rings (SSSR count). The Hall–Kier alpha value is -3.13. The maximum Gasteiger partial charge on any atom is 0.296 e. The average Bonchev–Trinajstić information content (AvgIpc) is 2.62. The fourth-order valence-electron chi connectivity index (χ4n) is 2.43. The van der Waals surface area contributed by atoms with Crippen LogP contribution in [0, 0.1) is 10.1 Å². The highest BCUT2D eigenvalue weighted by Gasteiger charge is 2.18. The molecule has 8 nitrogen and oxygen atoms in total. The van der Waals surface area contributed by atoms with Crippen molar-refractivity contribution in [1.82, 2.24) is 4.90 Å². The molecule has 0 fully saturated rings. The highest BCUT2D eigenvalue weighted by molar-refractivity contribution is 5.94. The van der Waals surface area contributed by atoms with Gasteiger partial charge in [-0.3, -0.25) is 19.8 Å². The van der Waals surface area contributed by atoms with E-state index < -0.39 is 4.92 Å². The number of benzene rings is 2. The molecule has 0 aliphatic carbocycles. The lowest BCUT2D eigenvalue weighted by molar-refractivity contribution is -0.384. The molecule has 1 amide bonds. The van der Waals surface area contributed by atoms with E-state index >= 15 is 0 Å². The molecule has 0 radical (unpaired) electrons. The number of nitrogens with one attached hydrogen (secondary N) is 1. The molecule has 1 N–H and O–H groups in total. The molecule has 0 bridgehead atoms. The molecule has 26 heavy (non-hydrogen) atoms. The van der Waals surface area contributed by atoms with E-state index in [1.54, 1.807) is 20.2 Å². The lowest BCUT2D eigenvalue weighted by Gasteiger charge is -2.16. The zero-order valence-electron chi connectivity index (χ0n) is 14.9. The second-order valence-electron chi connectivity index (χ2n) is 5.71. The average molecular weight is 359 g/mol. The molecule has 0 spiro atoms. The van der Waals surface area contributed by atoms with E-state index in [-0.39, 0.29) is 23.8 Å².